The van der Waals surface area contributed by atoms with Crippen LogP contribution in [-0.4, -0.2) is 31.0 Å². The van der Waals surface area contributed by atoms with Gasteiger partial charge >= 0.3 is 0 Å². The summed E-state index contributed by atoms with van der Waals surface area (Å²) in [6.45, 7) is 2.65. The molecule has 0 aliphatic rings. The second-order valence-electron chi connectivity index (χ2n) is 0.408. The lowest BCUT2D eigenvalue weighted by molar-refractivity contribution is 0.399. The molecular formula is C4H15NO2. The van der Waals surface area contributed by atoms with Crippen molar-refractivity contribution in [3.63, 3.8) is 0 Å². The Morgan fingerprint density at radius 3 is 1.14 bits per heavy atom. The van der Waals surface area contributed by atoms with Crippen LogP contribution in [0.5, 0.6) is 0 Å². The molecule has 0 saturated heterocycles. The highest BCUT2D eigenvalue weighted by Crippen LogP contribution is 1.20. The lowest BCUT2D eigenvalue weighted by atomic mass is 10.8. The Hall–Kier alpha value is -0.120. The fourth-order valence-corrected chi connectivity index (χ4v) is 0. The lowest BCUT2D eigenvalue weighted by Gasteiger charge is -1.53. The topological polar surface area (TPSA) is 66.5 Å². The van der Waals surface area contributed by atoms with Crippen LogP contribution in [-0.2, 0) is 0 Å². The first kappa shape index (κ1) is 15.8. The summed E-state index contributed by atoms with van der Waals surface area (Å²) in [4.78, 5) is 0. The Labute approximate surface area is 44.8 Å². The van der Waals surface area contributed by atoms with Crippen molar-refractivity contribution in [1.82, 2.24) is 0 Å². The van der Waals surface area contributed by atoms with E-state index in [1.807, 2.05) is 6.92 Å². The molecule has 0 rings (SSSR count). The van der Waals surface area contributed by atoms with E-state index >= 15 is 0 Å². The van der Waals surface area contributed by atoms with Crippen LogP contribution in [0.3, 0.4) is 0 Å². The van der Waals surface area contributed by atoms with E-state index in [0.717, 1.165) is 20.8 Å². The van der Waals surface area contributed by atoms with Gasteiger partial charge in [0.2, 0.25) is 0 Å². The third-order valence-electron chi connectivity index (χ3n) is 0. The first-order valence-electron chi connectivity index (χ1n) is 2.01. The maximum absolute atomic E-state index is 7.00. The average Bonchev–Trinajstić information content (AvgIpc) is 1.78. The molecule has 0 atom stereocenters. The van der Waals surface area contributed by atoms with Gasteiger partial charge in [-0.15, -0.1) is 0 Å². The predicted octanol–water partition coefficient (Wildman–Crippen LogP) is -0.818. The Balaban J connectivity index is -0.0000000360. The van der Waals surface area contributed by atoms with Gasteiger partial charge in [0.15, 0.2) is 0 Å². The minimum absolute atomic E-state index is 0.750. The predicted molar refractivity (Wildman–Crippen MR) is 31.0 cm³/mol. The molecular weight excluding hydrogens is 94.0 g/mol. The van der Waals surface area contributed by atoms with E-state index in [1.165, 1.54) is 0 Å². The maximum atomic E-state index is 7.00. The highest BCUT2D eigenvalue weighted by atomic mass is 16.2. The smallest absolute Gasteiger partial charge is 0.0319 e. The third kappa shape index (κ3) is 6150. The van der Waals surface area contributed by atoms with Gasteiger partial charge in [-0.3, -0.25) is 0 Å². The Morgan fingerprint density at radius 2 is 1.14 bits per heavy atom. The quantitative estimate of drug-likeness (QED) is 0.381. The van der Waals surface area contributed by atoms with Gasteiger partial charge in [0.25, 0.3) is 0 Å². The van der Waals surface area contributed by atoms with Crippen molar-refractivity contribution in [3.8, 4) is 0 Å². The summed E-state index contributed by atoms with van der Waals surface area (Å²) >= 11 is 0. The highest BCUT2D eigenvalue weighted by molar-refractivity contribution is 4.00. The van der Waals surface area contributed by atoms with Gasteiger partial charge in [-0.05, 0) is 6.54 Å². The number of hydrogen-bond donors (Lipinski definition) is 3. The van der Waals surface area contributed by atoms with E-state index in [0.29, 0.717) is 0 Å². The van der Waals surface area contributed by atoms with Gasteiger partial charge in [-0.25, -0.2) is 0 Å². The van der Waals surface area contributed by atoms with Crippen LogP contribution in [0.1, 0.15) is 6.92 Å². The fourth-order valence-electron chi connectivity index (χ4n) is 0. The summed E-state index contributed by atoms with van der Waals surface area (Å²) in [6.07, 6.45) is 0. The number of aliphatic hydroxyl groups is 2. The molecule has 0 bridgehead atoms. The van der Waals surface area contributed by atoms with E-state index in [2.05, 4.69) is 0 Å². The summed E-state index contributed by atoms with van der Waals surface area (Å²) in [5.41, 5.74) is 4.85. The number of aliphatic hydroxyl groups excluding tert-OH is 2. The Kier molecular flexibility index (Phi) is 408. The molecule has 0 fully saturated rings. The fraction of sp³-hybridized carbons (Fsp3) is 1.00. The Morgan fingerprint density at radius 1 is 1.14 bits per heavy atom. The lowest BCUT2D eigenvalue weighted by Crippen LogP contribution is -1.87. The number of hydrogen-bond acceptors (Lipinski definition) is 3. The summed E-state index contributed by atoms with van der Waals surface area (Å²) in [6, 6.07) is 0. The first-order valence-corrected chi connectivity index (χ1v) is 2.01. The van der Waals surface area contributed by atoms with Gasteiger partial charge in [-0.2, -0.15) is 0 Å². The zero-order valence-electron chi connectivity index (χ0n) is 5.18. The van der Waals surface area contributed by atoms with Crippen LogP contribution >= 0.6 is 0 Å². The maximum Gasteiger partial charge on any atom is 0.0319 e. The minimum atomic E-state index is 0.750. The molecule has 4 N–H and O–H groups in total. The van der Waals surface area contributed by atoms with Crippen molar-refractivity contribution >= 4 is 0 Å². The molecule has 0 amide bonds. The van der Waals surface area contributed by atoms with E-state index in [9.17, 15) is 0 Å². The van der Waals surface area contributed by atoms with Crippen LogP contribution in [0.15, 0.2) is 0 Å². The van der Waals surface area contributed by atoms with Crippen molar-refractivity contribution < 1.29 is 10.2 Å². The Bertz CT molecular complexity index is 9.65. The summed E-state index contributed by atoms with van der Waals surface area (Å²) in [7, 11) is 2.00. The van der Waals surface area contributed by atoms with Gasteiger partial charge in [0, 0.05) is 14.2 Å². The van der Waals surface area contributed by atoms with Crippen LogP contribution in [0.25, 0.3) is 0 Å². The normalized spacial score (nSPS) is 4.29. The molecule has 0 unspecified atom stereocenters. The molecule has 3 heteroatoms. The molecule has 0 saturated carbocycles. The molecule has 0 aliphatic heterocycles. The zero-order valence-corrected chi connectivity index (χ0v) is 5.18. The molecule has 48 valence electrons. The zero-order chi connectivity index (χ0) is 6.71. The molecule has 3 nitrogen and oxygen atoms in total. The molecule has 7 heavy (non-hydrogen) atoms. The van der Waals surface area contributed by atoms with Gasteiger partial charge in [0.05, 0.1) is 0 Å². The summed E-state index contributed by atoms with van der Waals surface area (Å²) < 4.78 is 0. The molecule has 0 radical (unpaired) electrons. The third-order valence-corrected chi connectivity index (χ3v) is 0. The SMILES string of the molecule is CCN.CO.CO. The number of rotatable bonds is 0. The minimum Gasteiger partial charge on any atom is -0.400 e. The molecule has 0 aromatic rings. The van der Waals surface area contributed by atoms with E-state index < -0.39 is 0 Å². The van der Waals surface area contributed by atoms with Gasteiger partial charge < -0.3 is 15.9 Å². The van der Waals surface area contributed by atoms with E-state index in [4.69, 9.17) is 15.9 Å². The summed E-state index contributed by atoms with van der Waals surface area (Å²) in [5, 5.41) is 14.0. The molecule has 0 aliphatic carbocycles. The van der Waals surface area contributed by atoms with Crippen LogP contribution in [0.2, 0.25) is 0 Å². The van der Waals surface area contributed by atoms with Crippen molar-refractivity contribution in [2.75, 3.05) is 20.8 Å². The second-order valence-corrected chi connectivity index (χ2v) is 0.408. The second kappa shape index (κ2) is 181. The van der Waals surface area contributed by atoms with Crippen LogP contribution < -0.4 is 5.73 Å². The van der Waals surface area contributed by atoms with Crippen molar-refractivity contribution in [2.45, 2.75) is 6.92 Å². The highest BCUT2D eigenvalue weighted by Gasteiger charge is 1.32. The first-order chi connectivity index (χ1) is 3.41. The standard InChI is InChI=1S/C2H7N.2CH4O/c1-2-3;2*1-2/h2-3H2,1H3;2*2H,1H3. The number of nitrogens with two attached hydrogens (primary N) is 1. The van der Waals surface area contributed by atoms with Crippen LogP contribution in [0, 0.1) is 0 Å². The van der Waals surface area contributed by atoms with Crippen molar-refractivity contribution in [1.29, 1.82) is 0 Å². The van der Waals surface area contributed by atoms with Gasteiger partial charge in [-0.1, -0.05) is 6.92 Å². The molecule has 0 spiro atoms. The summed E-state index contributed by atoms with van der Waals surface area (Å²) in [5.74, 6) is 0. The monoisotopic (exact) mass is 109 g/mol. The van der Waals surface area contributed by atoms with Gasteiger partial charge in [0.1, 0.15) is 0 Å². The molecule has 0 aromatic heterocycles. The largest absolute Gasteiger partial charge is 0.400 e. The van der Waals surface area contributed by atoms with Crippen LogP contribution in [0.4, 0.5) is 0 Å². The van der Waals surface area contributed by atoms with Crippen molar-refractivity contribution in [2.24, 2.45) is 5.73 Å². The van der Waals surface area contributed by atoms with E-state index in [-0.39, 0.29) is 0 Å². The molecule has 0 heterocycles. The average molecular weight is 109 g/mol. The molecule has 0 aromatic carbocycles. The van der Waals surface area contributed by atoms with E-state index in [1.54, 1.807) is 0 Å². The van der Waals surface area contributed by atoms with Crippen molar-refractivity contribution in [3.05, 3.63) is 0 Å².